The molecule has 2 nitrogen and oxygen atoms in total. The van der Waals surface area contributed by atoms with Crippen molar-refractivity contribution < 1.29 is 0 Å². The molecule has 1 saturated carbocycles. The van der Waals surface area contributed by atoms with Crippen LogP contribution in [0.4, 0.5) is 0 Å². The second kappa shape index (κ2) is 5.63. The van der Waals surface area contributed by atoms with Crippen LogP contribution in [0.5, 0.6) is 0 Å². The van der Waals surface area contributed by atoms with Gasteiger partial charge in [-0.25, -0.2) is 0 Å². The van der Waals surface area contributed by atoms with Crippen LogP contribution in [0.2, 0.25) is 0 Å². The van der Waals surface area contributed by atoms with Gasteiger partial charge in [-0.2, -0.15) is 0 Å². The fourth-order valence-corrected chi connectivity index (χ4v) is 2.79. The molecule has 0 aliphatic heterocycles. The molecule has 1 heterocycles. The van der Waals surface area contributed by atoms with E-state index in [-0.39, 0.29) is 0 Å². The Kier molecular flexibility index (Phi) is 4.16. The topological polar surface area (TPSA) is 24.9 Å². The zero-order chi connectivity index (χ0) is 12.3. The average Bonchev–Trinajstić information content (AvgIpc) is 2.33. The van der Waals surface area contributed by atoms with E-state index < -0.39 is 0 Å². The van der Waals surface area contributed by atoms with E-state index in [1.54, 1.807) is 0 Å². The highest BCUT2D eigenvalue weighted by molar-refractivity contribution is 5.21. The molecule has 17 heavy (non-hydrogen) atoms. The van der Waals surface area contributed by atoms with Crippen molar-refractivity contribution >= 4 is 0 Å². The summed E-state index contributed by atoms with van der Waals surface area (Å²) in [4.78, 5) is 4.20. The summed E-state index contributed by atoms with van der Waals surface area (Å²) in [6.45, 7) is 7.89. The quantitative estimate of drug-likeness (QED) is 0.865. The van der Waals surface area contributed by atoms with Gasteiger partial charge in [0, 0.05) is 25.0 Å². The summed E-state index contributed by atoms with van der Waals surface area (Å²) in [7, 11) is 0. The lowest BCUT2D eigenvalue weighted by atomic mass is 9.78. The lowest BCUT2D eigenvalue weighted by Crippen LogP contribution is -2.40. The molecule has 0 saturated heterocycles. The van der Waals surface area contributed by atoms with Crippen LogP contribution >= 0.6 is 0 Å². The van der Waals surface area contributed by atoms with Gasteiger partial charge in [-0.05, 0) is 42.4 Å². The first kappa shape index (κ1) is 12.6. The molecule has 0 spiro atoms. The van der Waals surface area contributed by atoms with Crippen LogP contribution in [0.1, 0.15) is 44.2 Å². The molecular formula is C15H24N2. The Labute approximate surface area is 105 Å². The molecule has 1 N–H and O–H groups in total. The molecule has 3 atom stereocenters. The Bertz CT molecular complexity index is 362. The maximum atomic E-state index is 4.20. The predicted molar refractivity (Wildman–Crippen MR) is 71.8 cm³/mol. The van der Waals surface area contributed by atoms with Gasteiger partial charge in [-0.1, -0.05) is 26.7 Å². The highest BCUT2D eigenvalue weighted by Gasteiger charge is 2.26. The summed E-state index contributed by atoms with van der Waals surface area (Å²) in [5.74, 6) is 1.65. The van der Waals surface area contributed by atoms with E-state index in [9.17, 15) is 0 Å². The first-order valence-electron chi connectivity index (χ1n) is 6.81. The maximum absolute atomic E-state index is 4.20. The number of hydrogen-bond acceptors (Lipinski definition) is 2. The fourth-order valence-electron chi connectivity index (χ4n) is 2.79. The number of rotatable bonds is 3. The molecule has 1 aromatic rings. The van der Waals surface area contributed by atoms with Crippen LogP contribution in [0.25, 0.3) is 0 Å². The van der Waals surface area contributed by atoms with Gasteiger partial charge in [0.05, 0.1) is 0 Å². The summed E-state index contributed by atoms with van der Waals surface area (Å²) in [5, 5.41) is 3.72. The van der Waals surface area contributed by atoms with Gasteiger partial charge in [0.2, 0.25) is 0 Å². The average molecular weight is 232 g/mol. The normalized spacial score (nSPS) is 29.2. The summed E-state index contributed by atoms with van der Waals surface area (Å²) >= 11 is 0. The minimum absolute atomic E-state index is 0.679. The molecule has 0 radical (unpaired) electrons. The Morgan fingerprint density at radius 3 is 2.94 bits per heavy atom. The molecule has 1 aromatic heterocycles. The SMILES string of the molecule is Cc1ccncc1CNC1CCCC(C)C1C. The first-order valence-corrected chi connectivity index (χ1v) is 6.81. The zero-order valence-electron chi connectivity index (χ0n) is 11.2. The number of nitrogens with zero attached hydrogens (tertiary/aromatic N) is 1. The Hall–Kier alpha value is -0.890. The zero-order valence-corrected chi connectivity index (χ0v) is 11.2. The minimum Gasteiger partial charge on any atom is -0.310 e. The van der Waals surface area contributed by atoms with Crippen molar-refractivity contribution in [3.63, 3.8) is 0 Å². The van der Waals surface area contributed by atoms with Crippen molar-refractivity contribution in [1.82, 2.24) is 10.3 Å². The van der Waals surface area contributed by atoms with E-state index in [2.05, 4.69) is 37.1 Å². The number of nitrogens with one attached hydrogen (secondary N) is 1. The van der Waals surface area contributed by atoms with E-state index in [4.69, 9.17) is 0 Å². The molecule has 0 amide bonds. The van der Waals surface area contributed by atoms with Crippen molar-refractivity contribution in [2.75, 3.05) is 0 Å². The van der Waals surface area contributed by atoms with Gasteiger partial charge >= 0.3 is 0 Å². The van der Waals surface area contributed by atoms with Crippen LogP contribution in [0, 0.1) is 18.8 Å². The van der Waals surface area contributed by atoms with Gasteiger partial charge in [-0.15, -0.1) is 0 Å². The molecule has 0 bridgehead atoms. The predicted octanol–water partition coefficient (Wildman–Crippen LogP) is 3.30. The Morgan fingerprint density at radius 1 is 1.35 bits per heavy atom. The van der Waals surface area contributed by atoms with E-state index in [0.717, 1.165) is 18.4 Å². The summed E-state index contributed by atoms with van der Waals surface area (Å²) < 4.78 is 0. The molecule has 1 fully saturated rings. The van der Waals surface area contributed by atoms with Crippen LogP contribution in [0.3, 0.4) is 0 Å². The highest BCUT2D eigenvalue weighted by atomic mass is 14.9. The summed E-state index contributed by atoms with van der Waals surface area (Å²) in [6.07, 6.45) is 7.94. The second-order valence-electron chi connectivity index (χ2n) is 5.56. The van der Waals surface area contributed by atoms with E-state index in [1.807, 2.05) is 12.4 Å². The van der Waals surface area contributed by atoms with Gasteiger partial charge in [0.25, 0.3) is 0 Å². The van der Waals surface area contributed by atoms with E-state index >= 15 is 0 Å². The van der Waals surface area contributed by atoms with Crippen molar-refractivity contribution in [2.45, 2.75) is 52.6 Å². The number of hydrogen-bond donors (Lipinski definition) is 1. The number of aryl methyl sites for hydroxylation is 1. The smallest absolute Gasteiger partial charge is 0.0315 e. The standard InChI is InChI=1S/C15H24N2/c1-11-5-4-6-15(13(11)3)17-10-14-9-16-8-7-12(14)2/h7-9,11,13,15,17H,4-6,10H2,1-3H3. The third kappa shape index (κ3) is 3.06. The lowest BCUT2D eigenvalue weighted by molar-refractivity contribution is 0.206. The third-order valence-corrected chi connectivity index (χ3v) is 4.41. The van der Waals surface area contributed by atoms with Crippen molar-refractivity contribution in [3.05, 3.63) is 29.6 Å². The van der Waals surface area contributed by atoms with Crippen molar-refractivity contribution in [1.29, 1.82) is 0 Å². The molecular weight excluding hydrogens is 208 g/mol. The van der Waals surface area contributed by atoms with E-state index in [1.165, 1.54) is 30.4 Å². The highest BCUT2D eigenvalue weighted by Crippen LogP contribution is 2.29. The molecule has 3 unspecified atom stereocenters. The number of pyridine rings is 1. The second-order valence-corrected chi connectivity index (χ2v) is 5.56. The Morgan fingerprint density at radius 2 is 2.18 bits per heavy atom. The van der Waals surface area contributed by atoms with Gasteiger partial charge in [0.1, 0.15) is 0 Å². The Balaban J connectivity index is 1.92. The van der Waals surface area contributed by atoms with Gasteiger partial charge < -0.3 is 5.32 Å². The van der Waals surface area contributed by atoms with E-state index in [0.29, 0.717) is 6.04 Å². The molecule has 2 rings (SSSR count). The fraction of sp³-hybridized carbons (Fsp3) is 0.667. The molecule has 2 heteroatoms. The third-order valence-electron chi connectivity index (χ3n) is 4.41. The summed E-state index contributed by atoms with van der Waals surface area (Å²) in [6, 6.07) is 2.77. The van der Waals surface area contributed by atoms with Crippen LogP contribution in [-0.4, -0.2) is 11.0 Å². The summed E-state index contributed by atoms with van der Waals surface area (Å²) in [5.41, 5.74) is 2.67. The van der Waals surface area contributed by atoms with Crippen LogP contribution in [0.15, 0.2) is 18.5 Å². The lowest BCUT2D eigenvalue weighted by Gasteiger charge is -2.34. The first-order chi connectivity index (χ1) is 8.18. The monoisotopic (exact) mass is 232 g/mol. The molecule has 0 aromatic carbocycles. The number of aromatic nitrogens is 1. The van der Waals surface area contributed by atoms with Crippen LogP contribution in [-0.2, 0) is 6.54 Å². The largest absolute Gasteiger partial charge is 0.310 e. The molecule has 94 valence electrons. The van der Waals surface area contributed by atoms with Gasteiger partial charge in [0.15, 0.2) is 0 Å². The maximum Gasteiger partial charge on any atom is 0.0315 e. The molecule has 1 aliphatic rings. The van der Waals surface area contributed by atoms with Crippen molar-refractivity contribution in [3.8, 4) is 0 Å². The van der Waals surface area contributed by atoms with Crippen molar-refractivity contribution in [2.24, 2.45) is 11.8 Å². The van der Waals surface area contributed by atoms with Gasteiger partial charge in [-0.3, -0.25) is 4.98 Å². The minimum atomic E-state index is 0.679. The van der Waals surface area contributed by atoms with Crippen LogP contribution < -0.4 is 5.32 Å². The molecule has 1 aliphatic carbocycles.